The van der Waals surface area contributed by atoms with E-state index in [1.807, 2.05) is 0 Å². The molecule has 1 aliphatic carbocycles. The lowest BCUT2D eigenvalue weighted by Gasteiger charge is -2.34. The Kier molecular flexibility index (Phi) is 6.18. The standard InChI is InChI=1S/C24H24F3N3O2S/c1-13-5-3-8-19(14(13)2)28-21(31)15-9-10-18-20(11-15)29-23(33)30(22(18)32)17-7-4-6-16(12-17)24(25,26)27/h4,6-7,9-14,19H,3,5,8H2,1-2H3,(H,28,31)(H,29,33)/t13-,14-,19+/m1/s1. The molecule has 0 saturated heterocycles. The molecule has 4 rings (SSSR count). The van der Waals surface area contributed by atoms with Gasteiger partial charge < -0.3 is 10.3 Å². The van der Waals surface area contributed by atoms with Crippen molar-refractivity contribution in [3.05, 3.63) is 68.7 Å². The van der Waals surface area contributed by atoms with E-state index in [1.165, 1.54) is 18.2 Å². The number of nitrogens with one attached hydrogen (secondary N) is 2. The van der Waals surface area contributed by atoms with Crippen molar-refractivity contribution in [3.63, 3.8) is 0 Å². The summed E-state index contributed by atoms with van der Waals surface area (Å²) in [6.45, 7) is 4.33. The molecule has 0 bridgehead atoms. The zero-order valence-corrected chi connectivity index (χ0v) is 19.0. The molecular formula is C24H24F3N3O2S. The van der Waals surface area contributed by atoms with Gasteiger partial charge >= 0.3 is 6.18 Å². The molecule has 0 radical (unpaired) electrons. The lowest BCUT2D eigenvalue weighted by Crippen LogP contribution is -2.43. The summed E-state index contributed by atoms with van der Waals surface area (Å²) in [6.07, 6.45) is -1.40. The number of aromatic amines is 1. The van der Waals surface area contributed by atoms with Crippen molar-refractivity contribution < 1.29 is 18.0 Å². The van der Waals surface area contributed by atoms with Crippen LogP contribution in [0.1, 0.15) is 49.0 Å². The molecule has 5 nitrogen and oxygen atoms in total. The van der Waals surface area contributed by atoms with Gasteiger partial charge in [-0.1, -0.05) is 32.8 Å². The number of carbonyl (C=O) groups excluding carboxylic acids is 1. The normalized spacial score (nSPS) is 21.2. The van der Waals surface area contributed by atoms with Crippen molar-refractivity contribution >= 4 is 29.0 Å². The van der Waals surface area contributed by atoms with Crippen LogP contribution in [0.15, 0.2) is 47.3 Å². The quantitative estimate of drug-likeness (QED) is 0.483. The van der Waals surface area contributed by atoms with Crippen LogP contribution < -0.4 is 10.9 Å². The van der Waals surface area contributed by atoms with Gasteiger partial charge in [0.25, 0.3) is 11.5 Å². The highest BCUT2D eigenvalue weighted by Gasteiger charge is 2.31. The van der Waals surface area contributed by atoms with Gasteiger partial charge in [0.1, 0.15) is 0 Å². The van der Waals surface area contributed by atoms with Crippen LogP contribution >= 0.6 is 12.2 Å². The van der Waals surface area contributed by atoms with Gasteiger partial charge in [-0.3, -0.25) is 14.2 Å². The van der Waals surface area contributed by atoms with E-state index in [4.69, 9.17) is 12.2 Å². The number of amides is 1. The molecule has 9 heteroatoms. The average Bonchev–Trinajstić information content (AvgIpc) is 2.76. The van der Waals surface area contributed by atoms with Gasteiger partial charge in [-0.15, -0.1) is 0 Å². The van der Waals surface area contributed by atoms with E-state index in [0.29, 0.717) is 22.9 Å². The van der Waals surface area contributed by atoms with Gasteiger partial charge in [-0.25, -0.2) is 0 Å². The van der Waals surface area contributed by atoms with Crippen molar-refractivity contribution in [3.8, 4) is 5.69 Å². The third kappa shape index (κ3) is 4.59. The first-order valence-electron chi connectivity index (χ1n) is 10.8. The molecule has 3 aromatic rings. The van der Waals surface area contributed by atoms with Gasteiger partial charge in [0, 0.05) is 11.6 Å². The van der Waals surface area contributed by atoms with Gasteiger partial charge in [0.05, 0.1) is 22.2 Å². The molecule has 0 spiro atoms. The molecule has 1 saturated carbocycles. The number of halogens is 3. The number of alkyl halides is 3. The minimum Gasteiger partial charge on any atom is -0.349 e. The van der Waals surface area contributed by atoms with Crippen LogP contribution in [-0.2, 0) is 6.18 Å². The van der Waals surface area contributed by atoms with Gasteiger partial charge in [-0.05, 0) is 66.9 Å². The fourth-order valence-electron chi connectivity index (χ4n) is 4.45. The second-order valence-corrected chi connectivity index (χ2v) is 9.11. The zero-order chi connectivity index (χ0) is 23.9. The first kappa shape index (κ1) is 23.2. The van der Waals surface area contributed by atoms with E-state index in [9.17, 15) is 22.8 Å². The summed E-state index contributed by atoms with van der Waals surface area (Å²) in [5, 5.41) is 3.32. The predicted molar refractivity (Wildman–Crippen MR) is 123 cm³/mol. The number of carbonyl (C=O) groups is 1. The lowest BCUT2D eigenvalue weighted by atomic mass is 9.78. The maximum atomic E-state index is 13.1. The monoisotopic (exact) mass is 475 g/mol. The average molecular weight is 476 g/mol. The van der Waals surface area contributed by atoms with Crippen LogP contribution in [-0.4, -0.2) is 21.5 Å². The van der Waals surface area contributed by atoms with E-state index >= 15 is 0 Å². The molecule has 3 atom stereocenters. The fourth-order valence-corrected chi connectivity index (χ4v) is 4.75. The first-order chi connectivity index (χ1) is 15.6. The summed E-state index contributed by atoms with van der Waals surface area (Å²) in [5.41, 5.74) is -0.685. The molecule has 0 unspecified atom stereocenters. The molecule has 2 aromatic carbocycles. The molecule has 1 aromatic heterocycles. The number of hydrogen-bond donors (Lipinski definition) is 2. The second kappa shape index (κ2) is 8.78. The van der Waals surface area contributed by atoms with E-state index in [1.54, 1.807) is 12.1 Å². The molecule has 1 amide bonds. The highest BCUT2D eigenvalue weighted by molar-refractivity contribution is 7.71. The Balaban J connectivity index is 1.69. The number of aromatic nitrogens is 2. The Hall–Kier alpha value is -2.94. The van der Waals surface area contributed by atoms with Crippen molar-refractivity contribution in [1.29, 1.82) is 0 Å². The Morgan fingerprint density at radius 1 is 1.15 bits per heavy atom. The van der Waals surface area contributed by atoms with E-state index in [0.717, 1.165) is 36.0 Å². The Morgan fingerprint density at radius 3 is 2.64 bits per heavy atom. The van der Waals surface area contributed by atoms with Crippen LogP contribution in [0.5, 0.6) is 0 Å². The summed E-state index contributed by atoms with van der Waals surface area (Å²) in [4.78, 5) is 28.8. The van der Waals surface area contributed by atoms with Crippen LogP contribution in [0.3, 0.4) is 0 Å². The smallest absolute Gasteiger partial charge is 0.349 e. The number of hydrogen-bond acceptors (Lipinski definition) is 3. The highest BCUT2D eigenvalue weighted by atomic mass is 32.1. The summed E-state index contributed by atoms with van der Waals surface area (Å²) >= 11 is 5.28. The summed E-state index contributed by atoms with van der Waals surface area (Å²) in [7, 11) is 0. The molecule has 0 aliphatic heterocycles. The van der Waals surface area contributed by atoms with Crippen LogP contribution in [0.25, 0.3) is 16.6 Å². The molecule has 1 fully saturated rings. The van der Waals surface area contributed by atoms with Crippen LogP contribution in [0.4, 0.5) is 13.2 Å². The van der Waals surface area contributed by atoms with Crippen molar-refractivity contribution in [2.45, 2.75) is 45.3 Å². The highest BCUT2D eigenvalue weighted by Crippen LogP contribution is 2.31. The second-order valence-electron chi connectivity index (χ2n) is 8.73. The zero-order valence-electron chi connectivity index (χ0n) is 18.2. The Bertz CT molecular complexity index is 1330. The third-order valence-corrected chi connectivity index (χ3v) is 6.90. The van der Waals surface area contributed by atoms with E-state index < -0.39 is 17.3 Å². The van der Waals surface area contributed by atoms with Crippen LogP contribution in [0.2, 0.25) is 0 Å². The summed E-state index contributed by atoms with van der Waals surface area (Å²) < 4.78 is 40.3. The summed E-state index contributed by atoms with van der Waals surface area (Å²) in [6, 6.07) is 9.11. The third-order valence-electron chi connectivity index (χ3n) is 6.61. The minimum atomic E-state index is -4.54. The number of H-pyrrole nitrogens is 1. The summed E-state index contributed by atoms with van der Waals surface area (Å²) in [5.74, 6) is 0.670. The molecule has 1 heterocycles. The van der Waals surface area contributed by atoms with Gasteiger partial charge in [0.15, 0.2) is 4.77 Å². The van der Waals surface area contributed by atoms with E-state index in [-0.39, 0.29) is 27.8 Å². The number of nitrogens with zero attached hydrogens (tertiary/aromatic N) is 1. The first-order valence-corrected chi connectivity index (χ1v) is 11.2. The number of fused-ring (bicyclic) bond motifs is 1. The molecule has 33 heavy (non-hydrogen) atoms. The van der Waals surface area contributed by atoms with Gasteiger partial charge in [0.2, 0.25) is 0 Å². The fraction of sp³-hybridized carbons (Fsp3) is 0.375. The topological polar surface area (TPSA) is 66.9 Å². The van der Waals surface area contributed by atoms with Crippen molar-refractivity contribution in [1.82, 2.24) is 14.9 Å². The number of benzene rings is 2. The molecule has 1 aliphatic rings. The van der Waals surface area contributed by atoms with Crippen LogP contribution in [0, 0.1) is 16.6 Å². The minimum absolute atomic E-state index is 0.0141. The Morgan fingerprint density at radius 2 is 1.91 bits per heavy atom. The molecule has 2 N–H and O–H groups in total. The predicted octanol–water partition coefficient (Wildman–Crippen LogP) is 5.62. The maximum Gasteiger partial charge on any atom is 0.416 e. The van der Waals surface area contributed by atoms with Crippen molar-refractivity contribution in [2.75, 3.05) is 0 Å². The maximum absolute atomic E-state index is 13.1. The molecule has 174 valence electrons. The Labute approximate surface area is 193 Å². The largest absolute Gasteiger partial charge is 0.416 e. The number of rotatable bonds is 3. The van der Waals surface area contributed by atoms with Crippen molar-refractivity contribution in [2.24, 2.45) is 11.8 Å². The lowest BCUT2D eigenvalue weighted by molar-refractivity contribution is -0.137. The molecular weight excluding hydrogens is 451 g/mol. The van der Waals surface area contributed by atoms with E-state index in [2.05, 4.69) is 24.1 Å². The SMILES string of the molecule is C[C@@H]1[C@H](C)CCC[C@@H]1NC(=O)c1ccc2c(=O)n(-c3cccc(C(F)(F)F)c3)c(=S)[nH]c2c1. The van der Waals surface area contributed by atoms with Gasteiger partial charge in [-0.2, -0.15) is 13.2 Å².